The van der Waals surface area contributed by atoms with Crippen molar-refractivity contribution >= 4 is 29.4 Å². The van der Waals surface area contributed by atoms with Crippen LogP contribution in [-0.2, 0) is 9.53 Å². The molecule has 0 aromatic heterocycles. The Morgan fingerprint density at radius 1 is 0.923 bits per heavy atom. The average molecular weight is 355 g/mol. The largest absolute Gasteiger partial charge is 0.465 e. The minimum atomic E-state index is -0.642. The standard InChI is InChI=1S/C18H17N3O5/c1-26-18(25)13-4-2-3-12(9-13)17(24)21-14-7-5-11(6-8-14)16(23)20-10-15(19)22/h2-9H,10H2,1H3,(H2,19,22)(H,20,23)(H,21,24). The van der Waals surface area contributed by atoms with E-state index in [9.17, 15) is 19.2 Å². The fourth-order valence-electron chi connectivity index (χ4n) is 2.08. The molecule has 0 saturated heterocycles. The van der Waals surface area contributed by atoms with Crippen molar-refractivity contribution in [3.8, 4) is 0 Å². The van der Waals surface area contributed by atoms with Gasteiger partial charge in [-0.05, 0) is 42.5 Å². The number of rotatable bonds is 6. The van der Waals surface area contributed by atoms with Crippen LogP contribution in [0.25, 0.3) is 0 Å². The number of nitrogens with one attached hydrogen (secondary N) is 2. The third-order valence-corrected chi connectivity index (χ3v) is 3.37. The zero-order valence-electron chi connectivity index (χ0n) is 13.9. The molecular formula is C18H17N3O5. The number of methoxy groups -OCH3 is 1. The van der Waals surface area contributed by atoms with Gasteiger partial charge in [0.25, 0.3) is 11.8 Å². The van der Waals surface area contributed by atoms with Crippen LogP contribution in [-0.4, -0.2) is 37.3 Å². The van der Waals surface area contributed by atoms with Gasteiger partial charge in [-0.2, -0.15) is 0 Å². The Morgan fingerprint density at radius 3 is 2.19 bits per heavy atom. The van der Waals surface area contributed by atoms with Crippen LogP contribution < -0.4 is 16.4 Å². The van der Waals surface area contributed by atoms with Crippen LogP contribution in [0.4, 0.5) is 5.69 Å². The molecule has 0 aliphatic heterocycles. The number of carbonyl (C=O) groups is 4. The van der Waals surface area contributed by atoms with Crippen LogP contribution in [0.1, 0.15) is 31.1 Å². The van der Waals surface area contributed by atoms with Crippen molar-refractivity contribution in [2.75, 3.05) is 19.0 Å². The fourth-order valence-corrected chi connectivity index (χ4v) is 2.08. The second kappa shape index (κ2) is 8.43. The van der Waals surface area contributed by atoms with Crippen molar-refractivity contribution in [3.63, 3.8) is 0 Å². The molecule has 0 aliphatic rings. The zero-order valence-corrected chi connectivity index (χ0v) is 13.9. The highest BCUT2D eigenvalue weighted by Crippen LogP contribution is 2.13. The number of nitrogens with two attached hydrogens (primary N) is 1. The van der Waals surface area contributed by atoms with E-state index in [0.717, 1.165) is 0 Å². The molecule has 0 aliphatic carbocycles. The van der Waals surface area contributed by atoms with E-state index in [1.807, 2.05) is 0 Å². The molecule has 2 rings (SSSR count). The topological polar surface area (TPSA) is 128 Å². The second-order valence-electron chi connectivity index (χ2n) is 5.25. The van der Waals surface area contributed by atoms with Gasteiger partial charge in [0.1, 0.15) is 0 Å². The first-order valence-corrected chi connectivity index (χ1v) is 7.57. The van der Waals surface area contributed by atoms with E-state index >= 15 is 0 Å². The molecule has 134 valence electrons. The number of primary amides is 1. The van der Waals surface area contributed by atoms with Crippen molar-refractivity contribution in [2.24, 2.45) is 5.73 Å². The third-order valence-electron chi connectivity index (χ3n) is 3.37. The van der Waals surface area contributed by atoms with E-state index < -0.39 is 23.7 Å². The van der Waals surface area contributed by atoms with Crippen LogP contribution in [0.2, 0.25) is 0 Å². The predicted molar refractivity (Wildman–Crippen MR) is 93.7 cm³/mol. The Hall–Kier alpha value is -3.68. The van der Waals surface area contributed by atoms with E-state index in [4.69, 9.17) is 5.73 Å². The lowest BCUT2D eigenvalue weighted by Crippen LogP contribution is -2.33. The van der Waals surface area contributed by atoms with Gasteiger partial charge in [-0.25, -0.2) is 4.79 Å². The number of ether oxygens (including phenoxy) is 1. The second-order valence-corrected chi connectivity index (χ2v) is 5.25. The van der Waals surface area contributed by atoms with Gasteiger partial charge >= 0.3 is 5.97 Å². The quantitative estimate of drug-likeness (QED) is 0.665. The van der Waals surface area contributed by atoms with Crippen molar-refractivity contribution in [1.82, 2.24) is 5.32 Å². The van der Waals surface area contributed by atoms with Crippen molar-refractivity contribution in [3.05, 3.63) is 65.2 Å². The highest BCUT2D eigenvalue weighted by Gasteiger charge is 2.11. The summed E-state index contributed by atoms with van der Waals surface area (Å²) in [6.07, 6.45) is 0. The summed E-state index contributed by atoms with van der Waals surface area (Å²) in [6, 6.07) is 12.2. The first-order valence-electron chi connectivity index (χ1n) is 7.57. The van der Waals surface area contributed by atoms with Crippen molar-refractivity contribution in [1.29, 1.82) is 0 Å². The number of anilines is 1. The normalized spacial score (nSPS) is 9.88. The maximum absolute atomic E-state index is 12.3. The molecule has 2 aromatic carbocycles. The Labute approximate surface area is 149 Å². The van der Waals surface area contributed by atoms with Crippen LogP contribution >= 0.6 is 0 Å². The molecule has 0 bridgehead atoms. The Balaban J connectivity index is 2.04. The lowest BCUT2D eigenvalue weighted by Gasteiger charge is -2.08. The number of hydrogen-bond donors (Lipinski definition) is 3. The number of esters is 1. The van der Waals surface area contributed by atoms with Crippen LogP contribution in [0, 0.1) is 0 Å². The van der Waals surface area contributed by atoms with Gasteiger partial charge in [0.05, 0.1) is 19.2 Å². The maximum Gasteiger partial charge on any atom is 0.337 e. The molecule has 26 heavy (non-hydrogen) atoms. The predicted octanol–water partition coefficient (Wildman–Crippen LogP) is 0.941. The summed E-state index contributed by atoms with van der Waals surface area (Å²) < 4.78 is 4.62. The third kappa shape index (κ3) is 4.91. The summed E-state index contributed by atoms with van der Waals surface area (Å²) in [5, 5.41) is 5.02. The highest BCUT2D eigenvalue weighted by atomic mass is 16.5. The first kappa shape index (κ1) is 18.7. The van der Waals surface area contributed by atoms with Gasteiger partial charge in [-0.15, -0.1) is 0 Å². The molecule has 3 amide bonds. The van der Waals surface area contributed by atoms with Gasteiger partial charge in [0.2, 0.25) is 5.91 Å². The summed E-state index contributed by atoms with van der Waals surface area (Å²) in [7, 11) is 1.26. The van der Waals surface area contributed by atoms with E-state index in [1.165, 1.54) is 25.3 Å². The van der Waals surface area contributed by atoms with Gasteiger partial charge in [-0.1, -0.05) is 6.07 Å². The van der Waals surface area contributed by atoms with E-state index in [-0.39, 0.29) is 17.7 Å². The van der Waals surface area contributed by atoms with E-state index in [2.05, 4.69) is 15.4 Å². The van der Waals surface area contributed by atoms with Gasteiger partial charge in [0, 0.05) is 16.8 Å². The van der Waals surface area contributed by atoms with Crippen LogP contribution in [0.3, 0.4) is 0 Å². The summed E-state index contributed by atoms with van der Waals surface area (Å²) in [6.45, 7) is -0.256. The molecule has 0 atom stereocenters. The number of benzene rings is 2. The summed E-state index contributed by atoms with van der Waals surface area (Å²) in [4.78, 5) is 46.2. The fraction of sp³-hybridized carbons (Fsp3) is 0.111. The molecule has 0 saturated carbocycles. The lowest BCUT2D eigenvalue weighted by molar-refractivity contribution is -0.117. The minimum Gasteiger partial charge on any atom is -0.465 e. The monoisotopic (exact) mass is 355 g/mol. The minimum absolute atomic E-state index is 0.256. The SMILES string of the molecule is COC(=O)c1cccc(C(=O)Nc2ccc(C(=O)NCC(N)=O)cc2)c1. The Bertz CT molecular complexity index is 846. The number of hydrogen-bond acceptors (Lipinski definition) is 5. The smallest absolute Gasteiger partial charge is 0.337 e. The highest BCUT2D eigenvalue weighted by molar-refractivity contribution is 6.06. The van der Waals surface area contributed by atoms with Crippen LogP contribution in [0.15, 0.2) is 48.5 Å². The molecule has 0 unspecified atom stereocenters. The van der Waals surface area contributed by atoms with Gasteiger partial charge in [-0.3, -0.25) is 14.4 Å². The molecule has 4 N–H and O–H groups in total. The maximum atomic E-state index is 12.3. The number of amides is 3. The molecule has 8 nitrogen and oxygen atoms in total. The summed E-state index contributed by atoms with van der Waals surface area (Å²) >= 11 is 0. The van der Waals surface area contributed by atoms with Crippen molar-refractivity contribution < 1.29 is 23.9 Å². The van der Waals surface area contributed by atoms with Gasteiger partial charge in [0.15, 0.2) is 0 Å². The van der Waals surface area contributed by atoms with Crippen molar-refractivity contribution in [2.45, 2.75) is 0 Å². The Morgan fingerprint density at radius 2 is 1.58 bits per heavy atom. The molecule has 8 heteroatoms. The average Bonchev–Trinajstić information content (AvgIpc) is 2.66. The molecule has 2 aromatic rings. The van der Waals surface area contributed by atoms with Gasteiger partial charge < -0.3 is 21.1 Å². The first-order chi connectivity index (χ1) is 12.4. The number of carbonyl (C=O) groups excluding carboxylic acids is 4. The molecule has 0 spiro atoms. The molecule has 0 fully saturated rings. The summed E-state index contributed by atoms with van der Waals surface area (Å²) in [5.74, 6) is -2.04. The van der Waals surface area contributed by atoms with E-state index in [1.54, 1.807) is 30.3 Å². The van der Waals surface area contributed by atoms with Crippen LogP contribution in [0.5, 0.6) is 0 Å². The zero-order chi connectivity index (χ0) is 19.1. The molecule has 0 radical (unpaired) electrons. The Kier molecular flexibility index (Phi) is 6.05. The lowest BCUT2D eigenvalue weighted by atomic mass is 10.1. The summed E-state index contributed by atoms with van der Waals surface area (Å²) in [5.41, 5.74) is 6.29. The van der Waals surface area contributed by atoms with E-state index in [0.29, 0.717) is 11.3 Å². The molecule has 0 heterocycles. The molecular weight excluding hydrogens is 338 g/mol.